The van der Waals surface area contributed by atoms with Crippen LogP contribution in [0.5, 0.6) is 11.5 Å². The molecule has 3 aromatic carbocycles. The number of nitrogens with one attached hydrogen (secondary N) is 1. The maximum Gasteiger partial charge on any atom is 0.142 e. The van der Waals surface area contributed by atoms with Crippen molar-refractivity contribution in [2.75, 3.05) is 25.1 Å². The van der Waals surface area contributed by atoms with E-state index in [-0.39, 0.29) is 0 Å². The standard InChI is InChI=1S/C23H24ClNO2/c24-20-12-14-21(15-13-20)26-18-16-25-22-10-4-5-11-23(22)27-17-6-9-19-7-2-1-3-8-19/h1-5,7-8,10-15,25H,6,9,16-18H2. The second-order valence-electron chi connectivity index (χ2n) is 6.16. The van der Waals surface area contributed by atoms with Crippen molar-refractivity contribution in [3.05, 3.63) is 89.4 Å². The molecule has 0 amide bonds. The molecular formula is C23H24ClNO2. The molecule has 0 saturated heterocycles. The molecule has 0 aliphatic rings. The first-order valence-corrected chi connectivity index (χ1v) is 9.57. The first kappa shape index (κ1) is 19.1. The van der Waals surface area contributed by atoms with E-state index < -0.39 is 0 Å². The fourth-order valence-electron chi connectivity index (χ4n) is 2.73. The highest BCUT2D eigenvalue weighted by Gasteiger charge is 2.03. The summed E-state index contributed by atoms with van der Waals surface area (Å²) in [6.45, 7) is 1.94. The van der Waals surface area contributed by atoms with E-state index in [0.717, 1.165) is 30.0 Å². The number of aryl methyl sites for hydroxylation is 1. The molecule has 3 aromatic rings. The van der Waals surface area contributed by atoms with Crippen LogP contribution in [0.15, 0.2) is 78.9 Å². The average Bonchev–Trinajstić information content (AvgIpc) is 2.71. The summed E-state index contributed by atoms with van der Waals surface area (Å²) in [5.41, 5.74) is 2.32. The van der Waals surface area contributed by atoms with Crippen LogP contribution < -0.4 is 14.8 Å². The second kappa shape index (κ2) is 10.5. The number of para-hydroxylation sites is 2. The van der Waals surface area contributed by atoms with Crippen LogP contribution >= 0.6 is 11.6 Å². The average molecular weight is 382 g/mol. The highest BCUT2D eigenvalue weighted by Crippen LogP contribution is 2.24. The van der Waals surface area contributed by atoms with Crippen LogP contribution in [0.25, 0.3) is 0 Å². The molecule has 1 N–H and O–H groups in total. The van der Waals surface area contributed by atoms with Crippen molar-refractivity contribution >= 4 is 17.3 Å². The van der Waals surface area contributed by atoms with E-state index >= 15 is 0 Å². The first-order chi connectivity index (χ1) is 13.3. The van der Waals surface area contributed by atoms with E-state index in [4.69, 9.17) is 21.1 Å². The molecule has 0 saturated carbocycles. The van der Waals surface area contributed by atoms with Gasteiger partial charge in [0.25, 0.3) is 0 Å². The van der Waals surface area contributed by atoms with Crippen LogP contribution in [-0.2, 0) is 6.42 Å². The van der Waals surface area contributed by atoms with Gasteiger partial charge < -0.3 is 14.8 Å². The van der Waals surface area contributed by atoms with Gasteiger partial charge in [-0.3, -0.25) is 0 Å². The summed E-state index contributed by atoms with van der Waals surface area (Å²) in [6.07, 6.45) is 2.00. The third kappa shape index (κ3) is 6.54. The Bertz CT molecular complexity index is 806. The van der Waals surface area contributed by atoms with Crippen LogP contribution in [0.1, 0.15) is 12.0 Å². The van der Waals surface area contributed by atoms with Gasteiger partial charge in [-0.2, -0.15) is 0 Å². The van der Waals surface area contributed by atoms with Gasteiger partial charge in [0, 0.05) is 11.6 Å². The number of halogens is 1. The molecule has 140 valence electrons. The lowest BCUT2D eigenvalue weighted by atomic mass is 10.1. The van der Waals surface area contributed by atoms with Gasteiger partial charge in [0.15, 0.2) is 0 Å². The fourth-order valence-corrected chi connectivity index (χ4v) is 2.85. The van der Waals surface area contributed by atoms with Crippen molar-refractivity contribution in [2.45, 2.75) is 12.8 Å². The van der Waals surface area contributed by atoms with Crippen molar-refractivity contribution in [1.82, 2.24) is 0 Å². The molecule has 3 nitrogen and oxygen atoms in total. The lowest BCUT2D eigenvalue weighted by Gasteiger charge is -2.14. The zero-order valence-electron chi connectivity index (χ0n) is 15.2. The maximum atomic E-state index is 5.97. The summed E-state index contributed by atoms with van der Waals surface area (Å²) in [6, 6.07) is 25.9. The molecule has 0 atom stereocenters. The minimum Gasteiger partial charge on any atom is -0.492 e. The Labute approximate surface area is 165 Å². The normalized spacial score (nSPS) is 10.4. The Morgan fingerprint density at radius 2 is 1.48 bits per heavy atom. The summed E-state index contributed by atoms with van der Waals surface area (Å²) >= 11 is 5.88. The third-order valence-corrected chi connectivity index (χ3v) is 4.35. The molecule has 0 aliphatic heterocycles. The highest BCUT2D eigenvalue weighted by atomic mass is 35.5. The number of hydrogen-bond acceptors (Lipinski definition) is 3. The number of hydrogen-bond donors (Lipinski definition) is 1. The molecule has 0 spiro atoms. The SMILES string of the molecule is Clc1ccc(OCCNc2ccccc2OCCCc2ccccc2)cc1. The molecule has 0 radical (unpaired) electrons. The fraction of sp³-hybridized carbons (Fsp3) is 0.217. The van der Waals surface area contributed by atoms with Crippen LogP contribution in [-0.4, -0.2) is 19.8 Å². The predicted octanol–water partition coefficient (Wildman–Crippen LogP) is 5.84. The van der Waals surface area contributed by atoms with Crippen LogP contribution in [0.2, 0.25) is 5.02 Å². The molecule has 0 aliphatic carbocycles. The van der Waals surface area contributed by atoms with Crippen molar-refractivity contribution in [2.24, 2.45) is 0 Å². The lowest BCUT2D eigenvalue weighted by Crippen LogP contribution is -2.12. The molecular weight excluding hydrogens is 358 g/mol. The summed E-state index contributed by atoms with van der Waals surface area (Å²) in [4.78, 5) is 0. The van der Waals surface area contributed by atoms with Gasteiger partial charge in [-0.05, 0) is 54.8 Å². The Morgan fingerprint density at radius 1 is 0.741 bits per heavy atom. The second-order valence-corrected chi connectivity index (χ2v) is 6.60. The van der Waals surface area contributed by atoms with Gasteiger partial charge in [0.05, 0.1) is 12.3 Å². The molecule has 0 aromatic heterocycles. The number of benzene rings is 3. The van der Waals surface area contributed by atoms with E-state index in [2.05, 4.69) is 29.6 Å². The minimum atomic E-state index is 0.559. The molecule has 4 heteroatoms. The smallest absolute Gasteiger partial charge is 0.142 e. The predicted molar refractivity (Wildman–Crippen MR) is 112 cm³/mol. The Balaban J connectivity index is 1.41. The van der Waals surface area contributed by atoms with Gasteiger partial charge in [-0.25, -0.2) is 0 Å². The van der Waals surface area contributed by atoms with Crippen LogP contribution in [0.4, 0.5) is 5.69 Å². The van der Waals surface area contributed by atoms with Crippen molar-refractivity contribution < 1.29 is 9.47 Å². The zero-order valence-corrected chi connectivity index (χ0v) is 16.0. The summed E-state index contributed by atoms with van der Waals surface area (Å²) < 4.78 is 11.7. The lowest BCUT2D eigenvalue weighted by molar-refractivity contribution is 0.311. The van der Waals surface area contributed by atoms with Gasteiger partial charge in [0.1, 0.15) is 18.1 Å². The maximum absolute atomic E-state index is 5.97. The summed E-state index contributed by atoms with van der Waals surface area (Å²) in [7, 11) is 0. The van der Waals surface area contributed by atoms with Crippen molar-refractivity contribution in [3.63, 3.8) is 0 Å². The van der Waals surface area contributed by atoms with E-state index in [1.807, 2.05) is 54.6 Å². The third-order valence-electron chi connectivity index (χ3n) is 4.10. The van der Waals surface area contributed by atoms with Gasteiger partial charge in [0.2, 0.25) is 0 Å². The molecule has 0 unspecified atom stereocenters. The van der Waals surface area contributed by atoms with Crippen LogP contribution in [0.3, 0.4) is 0 Å². The summed E-state index contributed by atoms with van der Waals surface area (Å²) in [5, 5.41) is 4.08. The Kier molecular flexibility index (Phi) is 7.43. The van der Waals surface area contributed by atoms with Gasteiger partial charge >= 0.3 is 0 Å². The number of ether oxygens (including phenoxy) is 2. The van der Waals surface area contributed by atoms with E-state index in [1.54, 1.807) is 0 Å². The minimum absolute atomic E-state index is 0.559. The summed E-state index contributed by atoms with van der Waals surface area (Å²) in [5.74, 6) is 1.68. The van der Waals surface area contributed by atoms with Crippen molar-refractivity contribution in [1.29, 1.82) is 0 Å². The van der Waals surface area contributed by atoms with Gasteiger partial charge in [-0.15, -0.1) is 0 Å². The number of anilines is 1. The quantitative estimate of drug-likeness (QED) is 0.447. The molecule has 0 heterocycles. The van der Waals surface area contributed by atoms with E-state index in [1.165, 1.54) is 5.56 Å². The largest absolute Gasteiger partial charge is 0.492 e. The molecule has 27 heavy (non-hydrogen) atoms. The number of rotatable bonds is 10. The monoisotopic (exact) mass is 381 g/mol. The topological polar surface area (TPSA) is 30.5 Å². The Hall–Kier alpha value is -2.65. The van der Waals surface area contributed by atoms with Crippen molar-refractivity contribution in [3.8, 4) is 11.5 Å². The first-order valence-electron chi connectivity index (χ1n) is 9.19. The van der Waals surface area contributed by atoms with E-state index in [0.29, 0.717) is 24.8 Å². The molecule has 0 fully saturated rings. The molecule has 0 bridgehead atoms. The van der Waals surface area contributed by atoms with Gasteiger partial charge in [-0.1, -0.05) is 54.1 Å². The molecule has 3 rings (SSSR count). The van der Waals surface area contributed by atoms with E-state index in [9.17, 15) is 0 Å². The highest BCUT2D eigenvalue weighted by molar-refractivity contribution is 6.30. The zero-order chi connectivity index (χ0) is 18.7. The van der Waals surface area contributed by atoms with Crippen LogP contribution in [0, 0.1) is 0 Å². The Morgan fingerprint density at radius 3 is 2.30 bits per heavy atom.